The van der Waals surface area contributed by atoms with Crippen molar-refractivity contribution < 1.29 is 13.5 Å². The first-order valence-electron chi connectivity index (χ1n) is 7.68. The van der Waals surface area contributed by atoms with Gasteiger partial charge in [0.1, 0.15) is 35.3 Å². The number of ether oxygens (including phenoxy) is 1. The largest absolute Gasteiger partial charge is 0.494 e. The van der Waals surface area contributed by atoms with Crippen molar-refractivity contribution in [2.75, 3.05) is 17.2 Å². The van der Waals surface area contributed by atoms with Crippen LogP contribution >= 0.6 is 0 Å². The highest BCUT2D eigenvalue weighted by Gasteiger charge is 2.06. The van der Waals surface area contributed by atoms with Crippen molar-refractivity contribution in [3.05, 3.63) is 66.5 Å². The maximum atomic E-state index is 13.7. The van der Waals surface area contributed by atoms with E-state index in [1.165, 1.54) is 18.5 Å². The van der Waals surface area contributed by atoms with Crippen molar-refractivity contribution in [1.82, 2.24) is 9.97 Å². The van der Waals surface area contributed by atoms with Gasteiger partial charge in [-0.25, -0.2) is 18.7 Å². The molecule has 0 radical (unpaired) electrons. The fraction of sp³-hybridized carbons (Fsp3) is 0.111. The van der Waals surface area contributed by atoms with Gasteiger partial charge in [0, 0.05) is 17.8 Å². The van der Waals surface area contributed by atoms with E-state index in [1.54, 1.807) is 6.07 Å². The van der Waals surface area contributed by atoms with Gasteiger partial charge in [-0.3, -0.25) is 0 Å². The maximum Gasteiger partial charge on any atom is 0.149 e. The van der Waals surface area contributed by atoms with Gasteiger partial charge < -0.3 is 15.4 Å². The molecular formula is C18H16F2N4O. The van der Waals surface area contributed by atoms with Crippen LogP contribution in [0, 0.1) is 11.6 Å². The average Bonchev–Trinajstić information content (AvgIpc) is 2.60. The molecule has 0 aliphatic heterocycles. The molecule has 128 valence electrons. The lowest BCUT2D eigenvalue weighted by Crippen LogP contribution is -2.00. The molecule has 0 saturated heterocycles. The third-order valence-electron chi connectivity index (χ3n) is 3.30. The summed E-state index contributed by atoms with van der Waals surface area (Å²) in [6.07, 6.45) is 1.35. The van der Waals surface area contributed by atoms with Crippen molar-refractivity contribution in [3.8, 4) is 5.75 Å². The molecule has 2 aromatic carbocycles. The molecule has 2 N–H and O–H groups in total. The molecule has 5 nitrogen and oxygen atoms in total. The number of anilines is 4. The number of halogens is 2. The Bertz CT molecular complexity index is 856. The first kappa shape index (κ1) is 16.6. The Morgan fingerprint density at radius 1 is 0.920 bits per heavy atom. The van der Waals surface area contributed by atoms with Crippen molar-refractivity contribution in [3.63, 3.8) is 0 Å². The van der Waals surface area contributed by atoms with E-state index in [1.807, 2.05) is 31.2 Å². The Morgan fingerprint density at radius 3 is 2.32 bits per heavy atom. The molecule has 0 amide bonds. The Labute approximate surface area is 143 Å². The van der Waals surface area contributed by atoms with Gasteiger partial charge in [0.2, 0.25) is 0 Å². The average molecular weight is 342 g/mol. The van der Waals surface area contributed by atoms with Crippen LogP contribution in [0.2, 0.25) is 0 Å². The van der Waals surface area contributed by atoms with Crippen molar-refractivity contribution in [2.45, 2.75) is 6.92 Å². The number of benzene rings is 2. The molecule has 0 aliphatic rings. The lowest BCUT2D eigenvalue weighted by Gasteiger charge is -2.10. The smallest absolute Gasteiger partial charge is 0.149 e. The summed E-state index contributed by atoms with van der Waals surface area (Å²) in [7, 11) is 0. The standard InChI is InChI=1S/C18H16F2N4O/c1-2-25-14-6-4-13(5-7-14)23-17-10-18(22-11-21-17)24-16-8-3-12(19)9-15(16)20/h3-11H,2H2,1H3,(H2,21,22,23,24). The lowest BCUT2D eigenvalue weighted by molar-refractivity contribution is 0.340. The van der Waals surface area contributed by atoms with Crippen LogP contribution in [-0.2, 0) is 0 Å². The minimum absolute atomic E-state index is 0.132. The number of rotatable bonds is 6. The van der Waals surface area contributed by atoms with Crippen molar-refractivity contribution in [1.29, 1.82) is 0 Å². The summed E-state index contributed by atoms with van der Waals surface area (Å²) in [6, 6.07) is 12.3. The predicted octanol–water partition coefficient (Wildman–Crippen LogP) is 4.64. The van der Waals surface area contributed by atoms with Crippen LogP contribution in [0.5, 0.6) is 5.75 Å². The zero-order valence-electron chi connectivity index (χ0n) is 13.5. The summed E-state index contributed by atoms with van der Waals surface area (Å²) < 4.78 is 32.1. The van der Waals surface area contributed by atoms with E-state index in [0.29, 0.717) is 18.2 Å². The number of nitrogens with one attached hydrogen (secondary N) is 2. The fourth-order valence-electron chi connectivity index (χ4n) is 2.17. The Morgan fingerprint density at radius 2 is 1.64 bits per heavy atom. The summed E-state index contributed by atoms with van der Waals surface area (Å²) in [5.41, 5.74) is 0.952. The van der Waals surface area contributed by atoms with Gasteiger partial charge in [-0.05, 0) is 43.3 Å². The molecule has 25 heavy (non-hydrogen) atoms. The number of nitrogens with zero attached hydrogens (tertiary/aromatic N) is 2. The van der Waals surface area contributed by atoms with Gasteiger partial charge in [-0.1, -0.05) is 0 Å². The molecule has 0 aliphatic carbocycles. The summed E-state index contributed by atoms with van der Waals surface area (Å²) in [5, 5.41) is 5.92. The van der Waals surface area contributed by atoms with Gasteiger partial charge in [0.15, 0.2) is 0 Å². The number of aromatic nitrogens is 2. The van der Waals surface area contributed by atoms with Crippen LogP contribution in [0.3, 0.4) is 0 Å². The molecule has 0 fully saturated rings. The van der Waals surface area contributed by atoms with E-state index in [-0.39, 0.29) is 5.69 Å². The molecule has 3 aromatic rings. The van der Waals surface area contributed by atoms with Crippen LogP contribution in [0.1, 0.15) is 6.92 Å². The second-order valence-electron chi connectivity index (χ2n) is 5.12. The quantitative estimate of drug-likeness (QED) is 0.683. The Kier molecular flexibility index (Phi) is 5.03. The zero-order valence-corrected chi connectivity index (χ0v) is 13.5. The third kappa shape index (κ3) is 4.41. The highest BCUT2D eigenvalue weighted by Crippen LogP contribution is 2.23. The molecule has 0 bridgehead atoms. The molecule has 7 heteroatoms. The van der Waals surface area contributed by atoms with E-state index in [9.17, 15) is 8.78 Å². The summed E-state index contributed by atoms with van der Waals surface area (Å²) in [4.78, 5) is 8.16. The van der Waals surface area contributed by atoms with Crippen LogP contribution in [0.25, 0.3) is 0 Å². The Hall–Kier alpha value is -3.22. The molecular weight excluding hydrogens is 326 g/mol. The first-order valence-corrected chi connectivity index (χ1v) is 7.68. The monoisotopic (exact) mass is 342 g/mol. The van der Waals surface area contributed by atoms with Crippen LogP contribution in [0.15, 0.2) is 54.9 Å². The highest BCUT2D eigenvalue weighted by atomic mass is 19.1. The molecule has 3 rings (SSSR count). The van der Waals surface area contributed by atoms with Crippen molar-refractivity contribution in [2.24, 2.45) is 0 Å². The minimum Gasteiger partial charge on any atom is -0.494 e. The maximum absolute atomic E-state index is 13.7. The summed E-state index contributed by atoms with van der Waals surface area (Å²) in [5.74, 6) is 0.367. The second kappa shape index (κ2) is 7.57. The van der Waals surface area contributed by atoms with Gasteiger partial charge >= 0.3 is 0 Å². The van der Waals surface area contributed by atoms with E-state index >= 15 is 0 Å². The lowest BCUT2D eigenvalue weighted by atomic mass is 10.3. The normalized spacial score (nSPS) is 10.4. The highest BCUT2D eigenvalue weighted by molar-refractivity contribution is 5.63. The summed E-state index contributed by atoms with van der Waals surface area (Å²) >= 11 is 0. The predicted molar refractivity (Wildman–Crippen MR) is 92.6 cm³/mol. The fourth-order valence-corrected chi connectivity index (χ4v) is 2.17. The van der Waals surface area contributed by atoms with Gasteiger partial charge in [-0.15, -0.1) is 0 Å². The number of hydrogen-bond acceptors (Lipinski definition) is 5. The molecule has 0 saturated carbocycles. The second-order valence-corrected chi connectivity index (χ2v) is 5.12. The van der Waals surface area contributed by atoms with Gasteiger partial charge in [-0.2, -0.15) is 0 Å². The van der Waals surface area contributed by atoms with E-state index in [2.05, 4.69) is 20.6 Å². The summed E-state index contributed by atoms with van der Waals surface area (Å²) in [6.45, 7) is 2.53. The minimum atomic E-state index is -0.695. The van der Waals surface area contributed by atoms with Crippen LogP contribution < -0.4 is 15.4 Å². The molecule has 0 spiro atoms. The SMILES string of the molecule is CCOc1ccc(Nc2cc(Nc3ccc(F)cc3F)ncn2)cc1. The molecule has 1 aromatic heterocycles. The van der Waals surface area contributed by atoms with Crippen LogP contribution in [0.4, 0.5) is 31.8 Å². The zero-order chi connectivity index (χ0) is 17.6. The van der Waals surface area contributed by atoms with Gasteiger partial charge in [0.05, 0.1) is 12.3 Å². The van der Waals surface area contributed by atoms with Crippen molar-refractivity contribution >= 4 is 23.0 Å². The Balaban J connectivity index is 1.72. The third-order valence-corrected chi connectivity index (χ3v) is 3.30. The molecule has 0 atom stereocenters. The molecule has 1 heterocycles. The first-order chi connectivity index (χ1) is 12.1. The number of hydrogen-bond donors (Lipinski definition) is 2. The van der Waals surface area contributed by atoms with Crippen LogP contribution in [-0.4, -0.2) is 16.6 Å². The topological polar surface area (TPSA) is 59.1 Å². The van der Waals surface area contributed by atoms with E-state index in [4.69, 9.17) is 4.74 Å². The van der Waals surface area contributed by atoms with E-state index in [0.717, 1.165) is 17.5 Å². The van der Waals surface area contributed by atoms with E-state index < -0.39 is 11.6 Å². The molecule has 0 unspecified atom stereocenters. The van der Waals surface area contributed by atoms with Gasteiger partial charge in [0.25, 0.3) is 0 Å².